The number of aryl methyl sites for hydroxylation is 1. The van der Waals surface area contributed by atoms with Crippen LogP contribution >= 0.6 is 0 Å². The normalized spacial score (nSPS) is 11.1. The summed E-state index contributed by atoms with van der Waals surface area (Å²) in [6.45, 7) is 3.02. The average molecular weight is 337 g/mol. The van der Waals surface area contributed by atoms with Crippen LogP contribution in [0.4, 0.5) is 0 Å². The number of carbonyl (C=O) groups is 1. The molecule has 1 heterocycles. The van der Waals surface area contributed by atoms with Gasteiger partial charge in [-0.25, -0.2) is 10.1 Å². The van der Waals surface area contributed by atoms with Gasteiger partial charge in [0, 0.05) is 6.42 Å². The van der Waals surface area contributed by atoms with Gasteiger partial charge < -0.3 is 4.74 Å². The van der Waals surface area contributed by atoms with Crippen molar-refractivity contribution in [3.05, 3.63) is 54.1 Å². The molecule has 0 unspecified atom stereocenters. The molecule has 25 heavy (non-hydrogen) atoms. The van der Waals surface area contributed by atoms with Gasteiger partial charge >= 0.3 is 0 Å². The van der Waals surface area contributed by atoms with Crippen LogP contribution in [-0.4, -0.2) is 33.7 Å². The van der Waals surface area contributed by atoms with Crippen molar-refractivity contribution in [2.24, 2.45) is 5.10 Å². The van der Waals surface area contributed by atoms with Gasteiger partial charge in [-0.3, -0.25) is 4.79 Å². The molecule has 7 heteroatoms. The number of hydrogen-bond donors (Lipinski definition) is 1. The number of aromatic nitrogens is 3. The maximum Gasteiger partial charge on any atom is 0.241 e. The van der Waals surface area contributed by atoms with Crippen LogP contribution in [0.15, 0.2) is 53.6 Å². The minimum Gasteiger partial charge on any atom is -0.494 e. The molecule has 1 aromatic heterocycles. The fourth-order valence-corrected chi connectivity index (χ4v) is 2.34. The number of nitrogens with zero attached hydrogens (tertiary/aromatic N) is 4. The predicted octanol–water partition coefficient (Wildman–Crippen LogP) is 2.37. The molecule has 0 fully saturated rings. The molecule has 0 aliphatic carbocycles. The van der Waals surface area contributed by atoms with Crippen molar-refractivity contribution < 1.29 is 9.53 Å². The predicted molar refractivity (Wildman–Crippen MR) is 95.5 cm³/mol. The Labute approximate surface area is 145 Å². The molecule has 128 valence electrons. The molecular weight excluding hydrogens is 318 g/mol. The molecule has 3 rings (SSSR count). The van der Waals surface area contributed by atoms with E-state index in [1.807, 2.05) is 55.5 Å². The molecule has 0 radical (unpaired) electrons. The van der Waals surface area contributed by atoms with Gasteiger partial charge in [-0.2, -0.15) is 5.10 Å². The van der Waals surface area contributed by atoms with Crippen LogP contribution in [0.5, 0.6) is 5.75 Å². The minimum atomic E-state index is -0.179. The molecule has 0 bridgehead atoms. The van der Waals surface area contributed by atoms with Crippen molar-refractivity contribution >= 4 is 23.2 Å². The van der Waals surface area contributed by atoms with Gasteiger partial charge in [0.1, 0.15) is 11.3 Å². The van der Waals surface area contributed by atoms with Crippen molar-refractivity contribution in [2.75, 3.05) is 6.61 Å². The lowest BCUT2D eigenvalue weighted by molar-refractivity contribution is -0.121. The van der Waals surface area contributed by atoms with Crippen LogP contribution < -0.4 is 10.2 Å². The maximum atomic E-state index is 11.9. The van der Waals surface area contributed by atoms with Crippen LogP contribution in [0.3, 0.4) is 0 Å². The molecule has 0 aliphatic heterocycles. The number of amides is 1. The van der Waals surface area contributed by atoms with E-state index in [1.54, 1.807) is 10.9 Å². The van der Waals surface area contributed by atoms with Crippen molar-refractivity contribution in [3.63, 3.8) is 0 Å². The summed E-state index contributed by atoms with van der Waals surface area (Å²) in [6, 6.07) is 15.1. The third kappa shape index (κ3) is 4.41. The van der Waals surface area contributed by atoms with Crippen LogP contribution in [-0.2, 0) is 11.3 Å². The Kier molecular flexibility index (Phi) is 5.36. The second-order valence-corrected chi connectivity index (χ2v) is 5.35. The number of nitrogens with one attached hydrogen (secondary N) is 1. The molecule has 0 saturated carbocycles. The largest absolute Gasteiger partial charge is 0.494 e. The highest BCUT2D eigenvalue weighted by atomic mass is 16.5. The smallest absolute Gasteiger partial charge is 0.241 e. The van der Waals surface area contributed by atoms with Crippen LogP contribution in [0.1, 0.15) is 18.9 Å². The van der Waals surface area contributed by atoms with Crippen LogP contribution in [0.2, 0.25) is 0 Å². The molecule has 0 aliphatic rings. The zero-order valence-electron chi connectivity index (χ0n) is 13.9. The number of ether oxygens (including phenoxy) is 1. The van der Waals surface area contributed by atoms with Crippen molar-refractivity contribution in [2.45, 2.75) is 19.9 Å². The fraction of sp³-hybridized carbons (Fsp3) is 0.222. The Bertz CT molecular complexity index is 871. The zero-order chi connectivity index (χ0) is 17.5. The van der Waals surface area contributed by atoms with E-state index in [1.165, 1.54) is 0 Å². The fourth-order valence-electron chi connectivity index (χ4n) is 2.34. The van der Waals surface area contributed by atoms with E-state index < -0.39 is 0 Å². The topological polar surface area (TPSA) is 81.4 Å². The van der Waals surface area contributed by atoms with E-state index >= 15 is 0 Å². The van der Waals surface area contributed by atoms with Gasteiger partial charge in [-0.1, -0.05) is 17.3 Å². The Morgan fingerprint density at radius 3 is 2.84 bits per heavy atom. The summed E-state index contributed by atoms with van der Waals surface area (Å²) in [7, 11) is 0. The van der Waals surface area contributed by atoms with Crippen molar-refractivity contribution in [3.8, 4) is 5.75 Å². The van der Waals surface area contributed by atoms with Crippen molar-refractivity contribution in [1.82, 2.24) is 20.4 Å². The number of rotatable bonds is 7. The molecule has 7 nitrogen and oxygen atoms in total. The third-order valence-electron chi connectivity index (χ3n) is 3.56. The number of carbonyl (C=O) groups excluding carboxylic acids is 1. The van der Waals surface area contributed by atoms with Gasteiger partial charge in [-0.15, -0.1) is 5.10 Å². The van der Waals surface area contributed by atoms with E-state index in [9.17, 15) is 4.79 Å². The summed E-state index contributed by atoms with van der Waals surface area (Å²) in [4.78, 5) is 11.9. The lowest BCUT2D eigenvalue weighted by Crippen LogP contribution is -2.19. The molecule has 0 spiro atoms. The lowest BCUT2D eigenvalue weighted by Gasteiger charge is -2.03. The zero-order valence-corrected chi connectivity index (χ0v) is 13.9. The number of fused-ring (bicyclic) bond motifs is 1. The Balaban J connectivity index is 1.49. The average Bonchev–Trinajstić information content (AvgIpc) is 3.05. The summed E-state index contributed by atoms with van der Waals surface area (Å²) < 4.78 is 7.09. The standard InChI is InChI=1S/C18H19N5O2/c1-2-25-15-9-7-14(8-10-15)13-19-21-18(24)11-12-23-17-6-4-3-5-16(17)20-22-23/h3-10,13H,2,11-12H2,1H3,(H,21,24)/b19-13-. The third-order valence-corrected chi connectivity index (χ3v) is 3.56. The Morgan fingerprint density at radius 2 is 2.04 bits per heavy atom. The molecular formula is C18H19N5O2. The maximum absolute atomic E-state index is 11.9. The second-order valence-electron chi connectivity index (χ2n) is 5.35. The molecule has 0 atom stereocenters. The number of hydrogen-bond acceptors (Lipinski definition) is 5. The van der Waals surface area contributed by atoms with E-state index in [0.29, 0.717) is 13.2 Å². The van der Waals surface area contributed by atoms with Crippen LogP contribution in [0.25, 0.3) is 11.0 Å². The molecule has 0 saturated heterocycles. The first-order valence-electron chi connectivity index (χ1n) is 8.09. The van der Waals surface area contributed by atoms with Gasteiger partial charge in [-0.05, 0) is 48.9 Å². The first kappa shape index (κ1) is 16.6. The Morgan fingerprint density at radius 1 is 1.24 bits per heavy atom. The number of para-hydroxylation sites is 1. The molecule has 1 amide bonds. The SMILES string of the molecule is CCOc1ccc(/C=N\NC(=O)CCn2nnc3ccccc32)cc1. The molecule has 1 N–H and O–H groups in total. The minimum absolute atomic E-state index is 0.179. The van der Waals surface area contributed by atoms with Crippen molar-refractivity contribution in [1.29, 1.82) is 0 Å². The first-order valence-corrected chi connectivity index (χ1v) is 8.09. The monoisotopic (exact) mass is 337 g/mol. The lowest BCUT2D eigenvalue weighted by atomic mass is 10.2. The summed E-state index contributed by atoms with van der Waals surface area (Å²) >= 11 is 0. The van der Waals surface area contributed by atoms with Gasteiger partial charge in [0.05, 0.1) is 24.9 Å². The second kappa shape index (κ2) is 8.05. The summed E-state index contributed by atoms with van der Waals surface area (Å²) in [5.41, 5.74) is 5.13. The van der Waals surface area contributed by atoms with Gasteiger partial charge in [0.15, 0.2) is 0 Å². The summed E-state index contributed by atoms with van der Waals surface area (Å²) in [6.07, 6.45) is 1.87. The highest BCUT2D eigenvalue weighted by Crippen LogP contribution is 2.11. The first-order chi connectivity index (χ1) is 12.3. The van der Waals surface area contributed by atoms with E-state index in [2.05, 4.69) is 20.8 Å². The van der Waals surface area contributed by atoms with E-state index in [0.717, 1.165) is 22.3 Å². The highest BCUT2D eigenvalue weighted by Gasteiger charge is 2.05. The molecule has 2 aromatic carbocycles. The highest BCUT2D eigenvalue weighted by molar-refractivity contribution is 5.82. The van der Waals surface area contributed by atoms with Crippen LogP contribution in [0, 0.1) is 0 Å². The quantitative estimate of drug-likeness (QED) is 0.530. The summed E-state index contributed by atoms with van der Waals surface area (Å²) in [5.74, 6) is 0.630. The summed E-state index contributed by atoms with van der Waals surface area (Å²) in [5, 5.41) is 12.1. The number of benzene rings is 2. The number of hydrazone groups is 1. The molecule has 3 aromatic rings. The van der Waals surface area contributed by atoms with Gasteiger partial charge in [0.2, 0.25) is 5.91 Å². The Hall–Kier alpha value is -3.22. The van der Waals surface area contributed by atoms with E-state index in [-0.39, 0.29) is 12.3 Å². The van der Waals surface area contributed by atoms with Gasteiger partial charge in [0.25, 0.3) is 0 Å². The van der Waals surface area contributed by atoms with E-state index in [4.69, 9.17) is 4.74 Å².